The van der Waals surface area contributed by atoms with Crippen molar-refractivity contribution in [3.63, 3.8) is 0 Å². The summed E-state index contributed by atoms with van der Waals surface area (Å²) in [7, 11) is 0. The Labute approximate surface area is 92.4 Å². The molecule has 0 aromatic carbocycles. The fourth-order valence-corrected chi connectivity index (χ4v) is 2.44. The van der Waals surface area contributed by atoms with Gasteiger partial charge in [0.2, 0.25) is 0 Å². The second-order valence-corrected chi connectivity index (χ2v) is 4.05. The standard InChI is InChI=1S/C12H10N2O2/c13-14-11(15)8-5-1-3-7-4-2-6-9(10(7)8)12(14)16/h1-6,8,10H,13H2/t8-,10+/m0/s1. The van der Waals surface area contributed by atoms with Crippen LogP contribution in [0.25, 0.3) is 0 Å². The van der Waals surface area contributed by atoms with E-state index in [9.17, 15) is 9.59 Å². The van der Waals surface area contributed by atoms with Crippen molar-refractivity contribution in [1.29, 1.82) is 0 Å². The molecule has 1 fully saturated rings. The molecule has 4 heteroatoms. The van der Waals surface area contributed by atoms with E-state index in [4.69, 9.17) is 5.84 Å². The first-order valence-corrected chi connectivity index (χ1v) is 5.10. The fraction of sp³-hybridized carbons (Fsp3) is 0.167. The molecule has 0 unspecified atom stereocenters. The molecular formula is C12H10N2O2. The minimum Gasteiger partial charge on any atom is -0.272 e. The van der Waals surface area contributed by atoms with Gasteiger partial charge < -0.3 is 0 Å². The molecule has 0 aromatic heterocycles. The van der Waals surface area contributed by atoms with Crippen LogP contribution in [0.3, 0.4) is 0 Å². The molecule has 0 radical (unpaired) electrons. The number of hydrogen-bond acceptors (Lipinski definition) is 3. The van der Waals surface area contributed by atoms with Crippen molar-refractivity contribution in [3.05, 3.63) is 47.6 Å². The van der Waals surface area contributed by atoms with E-state index in [1.54, 1.807) is 12.2 Å². The van der Waals surface area contributed by atoms with Gasteiger partial charge in [-0.3, -0.25) is 9.59 Å². The number of piperidine rings is 1. The van der Waals surface area contributed by atoms with Gasteiger partial charge in [-0.15, -0.1) is 0 Å². The van der Waals surface area contributed by atoms with E-state index < -0.39 is 5.91 Å². The summed E-state index contributed by atoms with van der Waals surface area (Å²) < 4.78 is 0. The third-order valence-corrected chi connectivity index (χ3v) is 3.21. The minimum atomic E-state index is -0.392. The molecule has 16 heavy (non-hydrogen) atoms. The van der Waals surface area contributed by atoms with E-state index in [1.165, 1.54) is 0 Å². The van der Waals surface area contributed by atoms with Crippen LogP contribution in [0.15, 0.2) is 47.6 Å². The summed E-state index contributed by atoms with van der Waals surface area (Å²) >= 11 is 0. The molecule has 80 valence electrons. The molecule has 0 bridgehead atoms. The molecule has 0 aromatic rings. The number of nitrogens with two attached hydrogens (primary N) is 1. The van der Waals surface area contributed by atoms with Crippen LogP contribution in [0.2, 0.25) is 0 Å². The number of amides is 2. The normalized spacial score (nSPS) is 31.2. The predicted molar refractivity (Wildman–Crippen MR) is 57.5 cm³/mol. The van der Waals surface area contributed by atoms with Crippen LogP contribution in [-0.2, 0) is 9.59 Å². The molecule has 0 spiro atoms. The van der Waals surface area contributed by atoms with Crippen molar-refractivity contribution in [2.24, 2.45) is 17.7 Å². The first-order chi connectivity index (χ1) is 7.70. The number of rotatable bonds is 0. The van der Waals surface area contributed by atoms with Gasteiger partial charge in [0.05, 0.1) is 5.92 Å². The lowest BCUT2D eigenvalue weighted by Gasteiger charge is -2.37. The van der Waals surface area contributed by atoms with Crippen molar-refractivity contribution in [2.45, 2.75) is 0 Å². The number of carbonyl (C=O) groups excluding carboxylic acids is 2. The van der Waals surface area contributed by atoms with E-state index in [1.807, 2.05) is 24.3 Å². The smallest absolute Gasteiger partial charge is 0.271 e. The molecule has 1 aliphatic heterocycles. The van der Waals surface area contributed by atoms with Crippen molar-refractivity contribution in [3.8, 4) is 0 Å². The third kappa shape index (κ3) is 1.02. The zero-order valence-electron chi connectivity index (χ0n) is 8.46. The summed E-state index contributed by atoms with van der Waals surface area (Å²) in [6, 6.07) is 0. The summed E-state index contributed by atoms with van der Waals surface area (Å²) in [5, 5.41) is 0.722. The summed E-state index contributed by atoms with van der Waals surface area (Å²) in [5.41, 5.74) is 1.60. The maximum Gasteiger partial charge on any atom is 0.271 e. The molecule has 2 atom stereocenters. The Hall–Kier alpha value is -1.94. The number of nitrogens with zero attached hydrogens (tertiary/aromatic N) is 1. The third-order valence-electron chi connectivity index (χ3n) is 3.21. The second kappa shape index (κ2) is 3.02. The first kappa shape index (κ1) is 9.30. The molecule has 3 rings (SSSR count). The highest BCUT2D eigenvalue weighted by atomic mass is 16.2. The summed E-state index contributed by atoms with van der Waals surface area (Å²) in [6.45, 7) is 0. The molecule has 2 aliphatic carbocycles. The Morgan fingerprint density at radius 3 is 2.81 bits per heavy atom. The molecule has 0 saturated carbocycles. The van der Waals surface area contributed by atoms with Gasteiger partial charge in [-0.1, -0.05) is 36.5 Å². The van der Waals surface area contributed by atoms with Gasteiger partial charge in [0.25, 0.3) is 11.8 Å². The Bertz CT molecular complexity index is 511. The lowest BCUT2D eigenvalue weighted by atomic mass is 9.72. The number of hydrogen-bond donors (Lipinski definition) is 1. The zero-order valence-corrected chi connectivity index (χ0v) is 8.46. The van der Waals surface area contributed by atoms with Crippen molar-refractivity contribution in [1.82, 2.24) is 5.01 Å². The van der Waals surface area contributed by atoms with Gasteiger partial charge in [-0.25, -0.2) is 10.9 Å². The van der Waals surface area contributed by atoms with E-state index >= 15 is 0 Å². The highest BCUT2D eigenvalue weighted by Crippen LogP contribution is 2.40. The number of imide groups is 1. The highest BCUT2D eigenvalue weighted by Gasteiger charge is 2.44. The van der Waals surface area contributed by atoms with E-state index in [0.29, 0.717) is 5.57 Å². The maximum absolute atomic E-state index is 11.9. The quantitative estimate of drug-likeness (QED) is 0.362. The van der Waals surface area contributed by atoms with Crippen LogP contribution < -0.4 is 5.84 Å². The van der Waals surface area contributed by atoms with Crippen LogP contribution in [0.4, 0.5) is 0 Å². The lowest BCUT2D eigenvalue weighted by molar-refractivity contribution is -0.148. The molecule has 4 nitrogen and oxygen atoms in total. The predicted octanol–water partition coefficient (Wildman–Crippen LogP) is 0.454. The average Bonchev–Trinajstić information content (AvgIpc) is 2.33. The summed E-state index contributed by atoms with van der Waals surface area (Å²) in [4.78, 5) is 23.7. The molecular weight excluding hydrogens is 204 g/mol. The minimum absolute atomic E-state index is 0.144. The van der Waals surface area contributed by atoms with Crippen molar-refractivity contribution in [2.75, 3.05) is 0 Å². The fourth-order valence-electron chi connectivity index (χ4n) is 2.44. The van der Waals surface area contributed by atoms with E-state index in [-0.39, 0.29) is 17.7 Å². The van der Waals surface area contributed by atoms with Crippen LogP contribution in [-0.4, -0.2) is 16.8 Å². The second-order valence-electron chi connectivity index (χ2n) is 4.05. The molecule has 3 aliphatic rings. The van der Waals surface area contributed by atoms with Gasteiger partial charge in [-0.2, -0.15) is 0 Å². The van der Waals surface area contributed by atoms with Gasteiger partial charge in [-0.05, 0) is 5.57 Å². The highest BCUT2D eigenvalue weighted by molar-refractivity contribution is 6.09. The Kier molecular flexibility index (Phi) is 1.76. The van der Waals surface area contributed by atoms with Crippen molar-refractivity contribution >= 4 is 11.8 Å². The Balaban J connectivity index is 2.18. The first-order valence-electron chi connectivity index (χ1n) is 5.10. The average molecular weight is 214 g/mol. The maximum atomic E-state index is 11.9. The molecule has 1 heterocycles. The van der Waals surface area contributed by atoms with Crippen LogP contribution in [0, 0.1) is 11.8 Å². The van der Waals surface area contributed by atoms with Gasteiger partial charge in [0.15, 0.2) is 0 Å². The van der Waals surface area contributed by atoms with Crippen LogP contribution in [0.5, 0.6) is 0 Å². The Morgan fingerprint density at radius 1 is 1.19 bits per heavy atom. The zero-order chi connectivity index (χ0) is 11.3. The topological polar surface area (TPSA) is 63.4 Å². The summed E-state index contributed by atoms with van der Waals surface area (Å²) in [6.07, 6.45) is 11.0. The van der Waals surface area contributed by atoms with Gasteiger partial charge in [0.1, 0.15) is 0 Å². The lowest BCUT2D eigenvalue weighted by Crippen LogP contribution is -2.54. The molecule has 2 N–H and O–H groups in total. The SMILES string of the molecule is NN1C(=O)C2=CC=CC3=CC=C[C@H](C1=O)[C@@H]32. The van der Waals surface area contributed by atoms with E-state index in [2.05, 4.69) is 0 Å². The Morgan fingerprint density at radius 2 is 2.00 bits per heavy atom. The van der Waals surface area contributed by atoms with Crippen LogP contribution in [0.1, 0.15) is 0 Å². The van der Waals surface area contributed by atoms with Crippen LogP contribution >= 0.6 is 0 Å². The largest absolute Gasteiger partial charge is 0.272 e. The van der Waals surface area contributed by atoms with Crippen molar-refractivity contribution < 1.29 is 9.59 Å². The summed E-state index contributed by atoms with van der Waals surface area (Å²) in [5.74, 6) is 4.28. The van der Waals surface area contributed by atoms with Gasteiger partial charge in [0, 0.05) is 11.5 Å². The van der Waals surface area contributed by atoms with Gasteiger partial charge >= 0.3 is 0 Å². The number of carbonyl (C=O) groups is 2. The molecule has 2 amide bonds. The number of allylic oxidation sites excluding steroid dienone is 6. The number of hydrazine groups is 1. The van der Waals surface area contributed by atoms with E-state index in [0.717, 1.165) is 10.6 Å². The molecule has 1 saturated heterocycles. The monoisotopic (exact) mass is 214 g/mol.